The van der Waals surface area contributed by atoms with Crippen LogP contribution in [0.4, 0.5) is 0 Å². The van der Waals surface area contributed by atoms with E-state index >= 15 is 0 Å². The third-order valence-corrected chi connectivity index (χ3v) is 5.80. The zero-order valence-corrected chi connectivity index (χ0v) is 17.4. The first-order valence-corrected chi connectivity index (χ1v) is 10.6. The molecule has 6 nitrogen and oxygen atoms in total. The zero-order valence-electron chi connectivity index (χ0n) is 17.4. The van der Waals surface area contributed by atoms with E-state index in [1.165, 1.54) is 5.56 Å². The molecule has 1 aliphatic rings. The lowest BCUT2D eigenvalue weighted by atomic mass is 9.95. The SMILES string of the molecule is Cc1ccn2c(C3CCN(C(=O)c4cccc(Oc5ccccc5)c4)CC3)nnc2c1. The molecule has 1 amide bonds. The van der Waals surface area contributed by atoms with E-state index < -0.39 is 0 Å². The molecule has 3 heterocycles. The summed E-state index contributed by atoms with van der Waals surface area (Å²) >= 11 is 0. The summed E-state index contributed by atoms with van der Waals surface area (Å²) in [5.41, 5.74) is 2.70. The Balaban J connectivity index is 1.26. The van der Waals surface area contributed by atoms with Crippen molar-refractivity contribution < 1.29 is 9.53 Å². The number of benzene rings is 2. The van der Waals surface area contributed by atoms with Crippen LogP contribution in [-0.2, 0) is 0 Å². The predicted octanol–water partition coefficient (Wildman–Crippen LogP) is 4.85. The van der Waals surface area contributed by atoms with Gasteiger partial charge in [0.05, 0.1) is 0 Å². The predicted molar refractivity (Wildman–Crippen MR) is 119 cm³/mol. The molecular formula is C25H24N4O2. The van der Waals surface area contributed by atoms with Gasteiger partial charge in [-0.05, 0) is 67.8 Å². The van der Waals surface area contributed by atoms with Crippen LogP contribution in [0.1, 0.15) is 40.5 Å². The Bertz CT molecular complexity index is 1210. The highest BCUT2D eigenvalue weighted by Gasteiger charge is 2.27. The largest absolute Gasteiger partial charge is 0.457 e. The maximum atomic E-state index is 13.1. The molecule has 2 aromatic heterocycles. The van der Waals surface area contributed by atoms with E-state index in [-0.39, 0.29) is 5.91 Å². The lowest BCUT2D eigenvalue weighted by Crippen LogP contribution is -2.38. The van der Waals surface area contributed by atoms with Crippen LogP contribution in [0.25, 0.3) is 5.65 Å². The van der Waals surface area contributed by atoms with E-state index in [2.05, 4.69) is 27.6 Å². The highest BCUT2D eigenvalue weighted by atomic mass is 16.5. The van der Waals surface area contributed by atoms with Gasteiger partial charge in [0.2, 0.25) is 0 Å². The van der Waals surface area contributed by atoms with E-state index in [0.717, 1.165) is 30.1 Å². The molecule has 0 atom stereocenters. The molecule has 6 heteroatoms. The number of pyridine rings is 1. The van der Waals surface area contributed by atoms with E-state index in [9.17, 15) is 4.79 Å². The number of ether oxygens (including phenoxy) is 1. The van der Waals surface area contributed by atoms with E-state index in [4.69, 9.17) is 4.74 Å². The van der Waals surface area contributed by atoms with Crippen molar-refractivity contribution in [2.24, 2.45) is 0 Å². The number of fused-ring (bicyclic) bond motifs is 1. The van der Waals surface area contributed by atoms with Gasteiger partial charge in [0, 0.05) is 30.8 Å². The van der Waals surface area contributed by atoms with Crippen molar-refractivity contribution in [1.82, 2.24) is 19.5 Å². The Morgan fingerprint density at radius 1 is 0.935 bits per heavy atom. The van der Waals surface area contributed by atoms with Crippen molar-refractivity contribution in [3.05, 3.63) is 89.9 Å². The fraction of sp³-hybridized carbons (Fsp3) is 0.240. The minimum Gasteiger partial charge on any atom is -0.457 e. The van der Waals surface area contributed by atoms with E-state index in [1.54, 1.807) is 0 Å². The number of aromatic nitrogens is 3. The van der Waals surface area contributed by atoms with Crippen molar-refractivity contribution in [1.29, 1.82) is 0 Å². The lowest BCUT2D eigenvalue weighted by molar-refractivity contribution is 0.0710. The molecule has 0 saturated carbocycles. The van der Waals surface area contributed by atoms with Gasteiger partial charge in [0.25, 0.3) is 5.91 Å². The van der Waals surface area contributed by atoms with Crippen LogP contribution in [0, 0.1) is 6.92 Å². The molecule has 1 fully saturated rings. The number of para-hydroxylation sites is 1. The number of hydrogen-bond acceptors (Lipinski definition) is 4. The number of carbonyl (C=O) groups excluding carboxylic acids is 1. The molecule has 156 valence electrons. The molecule has 0 spiro atoms. The Hall–Kier alpha value is -3.67. The molecular weight excluding hydrogens is 388 g/mol. The molecule has 31 heavy (non-hydrogen) atoms. The van der Waals surface area contributed by atoms with Gasteiger partial charge in [-0.15, -0.1) is 10.2 Å². The van der Waals surface area contributed by atoms with Gasteiger partial charge in [-0.3, -0.25) is 9.20 Å². The Morgan fingerprint density at radius 3 is 2.52 bits per heavy atom. The molecule has 0 radical (unpaired) electrons. The van der Waals surface area contributed by atoms with Crippen LogP contribution < -0.4 is 4.74 Å². The smallest absolute Gasteiger partial charge is 0.253 e. The number of aryl methyl sites for hydroxylation is 1. The molecule has 5 rings (SSSR count). The Morgan fingerprint density at radius 2 is 1.71 bits per heavy atom. The minimum absolute atomic E-state index is 0.0405. The summed E-state index contributed by atoms with van der Waals surface area (Å²) in [5.74, 6) is 2.74. The van der Waals surface area contributed by atoms with Crippen LogP contribution in [0.3, 0.4) is 0 Å². The summed E-state index contributed by atoms with van der Waals surface area (Å²) < 4.78 is 7.95. The second-order valence-corrected chi connectivity index (χ2v) is 8.00. The topological polar surface area (TPSA) is 59.7 Å². The lowest BCUT2D eigenvalue weighted by Gasteiger charge is -2.31. The third kappa shape index (κ3) is 4.01. The summed E-state index contributed by atoms with van der Waals surface area (Å²) in [7, 11) is 0. The maximum Gasteiger partial charge on any atom is 0.253 e. The highest BCUT2D eigenvalue weighted by molar-refractivity contribution is 5.94. The Kier molecular flexibility index (Phi) is 5.12. The van der Waals surface area contributed by atoms with E-state index in [0.29, 0.717) is 30.3 Å². The second-order valence-electron chi connectivity index (χ2n) is 8.00. The summed E-state index contributed by atoms with van der Waals surface area (Å²) in [4.78, 5) is 15.0. The van der Waals surface area contributed by atoms with Crippen LogP contribution in [0.5, 0.6) is 11.5 Å². The summed E-state index contributed by atoms with van der Waals surface area (Å²) in [6, 6.07) is 21.1. The van der Waals surface area contributed by atoms with Crippen LogP contribution >= 0.6 is 0 Å². The first kappa shape index (κ1) is 19.3. The van der Waals surface area contributed by atoms with Crippen molar-refractivity contribution in [2.45, 2.75) is 25.7 Å². The fourth-order valence-corrected chi connectivity index (χ4v) is 4.13. The average molecular weight is 412 g/mol. The zero-order chi connectivity index (χ0) is 21.2. The number of piperidine rings is 1. The third-order valence-electron chi connectivity index (χ3n) is 5.80. The standard InChI is InChI=1S/C25H24N4O2/c1-18-10-15-29-23(16-18)26-27-24(29)19-11-13-28(14-12-19)25(30)20-6-5-9-22(17-20)31-21-7-3-2-4-8-21/h2-10,15-17,19H,11-14H2,1H3. The molecule has 0 bridgehead atoms. The van der Waals surface area contributed by atoms with Crippen molar-refractivity contribution in [3.63, 3.8) is 0 Å². The van der Waals surface area contributed by atoms with Gasteiger partial charge >= 0.3 is 0 Å². The molecule has 1 aliphatic heterocycles. The summed E-state index contributed by atoms with van der Waals surface area (Å²) in [5, 5.41) is 8.75. The van der Waals surface area contributed by atoms with Crippen molar-refractivity contribution in [3.8, 4) is 11.5 Å². The molecule has 1 saturated heterocycles. The number of carbonyl (C=O) groups is 1. The summed E-state index contributed by atoms with van der Waals surface area (Å²) in [6.45, 7) is 3.46. The minimum atomic E-state index is 0.0405. The Labute approximate surface area is 181 Å². The van der Waals surface area contributed by atoms with Gasteiger partial charge < -0.3 is 9.64 Å². The number of nitrogens with zero attached hydrogens (tertiary/aromatic N) is 4. The molecule has 0 N–H and O–H groups in total. The van der Waals surface area contributed by atoms with Gasteiger partial charge in [-0.1, -0.05) is 24.3 Å². The molecule has 4 aromatic rings. The number of hydrogen-bond donors (Lipinski definition) is 0. The fourth-order valence-electron chi connectivity index (χ4n) is 4.13. The first-order chi connectivity index (χ1) is 15.2. The van der Waals surface area contributed by atoms with Gasteiger partial charge in [0.1, 0.15) is 17.3 Å². The summed E-state index contributed by atoms with van der Waals surface area (Å²) in [6.07, 6.45) is 3.79. The van der Waals surface area contributed by atoms with Crippen molar-refractivity contribution >= 4 is 11.6 Å². The van der Waals surface area contributed by atoms with Crippen molar-refractivity contribution in [2.75, 3.05) is 13.1 Å². The van der Waals surface area contributed by atoms with E-state index in [1.807, 2.05) is 71.8 Å². The first-order valence-electron chi connectivity index (χ1n) is 10.6. The van der Waals surface area contributed by atoms with Crippen LogP contribution in [0.2, 0.25) is 0 Å². The maximum absolute atomic E-state index is 13.1. The molecule has 0 unspecified atom stereocenters. The van der Waals surface area contributed by atoms with Gasteiger partial charge in [0.15, 0.2) is 5.65 Å². The van der Waals surface area contributed by atoms with Gasteiger partial charge in [-0.25, -0.2) is 0 Å². The molecule has 2 aromatic carbocycles. The quantitative estimate of drug-likeness (QED) is 0.481. The highest BCUT2D eigenvalue weighted by Crippen LogP contribution is 2.29. The molecule has 0 aliphatic carbocycles. The van der Waals surface area contributed by atoms with Gasteiger partial charge in [-0.2, -0.15) is 0 Å². The van der Waals surface area contributed by atoms with Crippen LogP contribution in [-0.4, -0.2) is 38.5 Å². The monoisotopic (exact) mass is 412 g/mol. The number of rotatable bonds is 4. The number of likely N-dealkylation sites (tertiary alicyclic amines) is 1. The number of amides is 1. The normalized spacial score (nSPS) is 14.7. The average Bonchev–Trinajstić information content (AvgIpc) is 3.22. The second kappa shape index (κ2) is 8.22. The van der Waals surface area contributed by atoms with Crippen LogP contribution in [0.15, 0.2) is 72.9 Å².